The molecule has 5 heteroatoms. The minimum Gasteiger partial charge on any atom is -0.384 e. The minimum absolute atomic E-state index is 0.195. The summed E-state index contributed by atoms with van der Waals surface area (Å²) < 4.78 is 7.33. The number of carbonyl (C=O) groups is 1. The molecule has 1 aromatic heterocycles. The second-order valence-corrected chi connectivity index (χ2v) is 6.74. The summed E-state index contributed by atoms with van der Waals surface area (Å²) in [6.07, 6.45) is 3.43. The number of aryl methyl sites for hydroxylation is 3. The Kier molecular flexibility index (Phi) is 5.53. The predicted octanol–water partition coefficient (Wildman–Crippen LogP) is 2.92. The lowest BCUT2D eigenvalue weighted by Crippen LogP contribution is -2.39. The Labute approximate surface area is 149 Å². The summed E-state index contributed by atoms with van der Waals surface area (Å²) in [5.41, 5.74) is 4.73. The van der Waals surface area contributed by atoms with Crippen molar-refractivity contribution < 1.29 is 9.53 Å². The monoisotopic (exact) mass is 341 g/mol. The first-order chi connectivity index (χ1) is 12.1. The number of rotatable bonds is 6. The zero-order valence-corrected chi connectivity index (χ0v) is 15.4. The molecule has 0 saturated carbocycles. The fraction of sp³-hybridized carbons (Fsp3) is 0.500. The second-order valence-electron chi connectivity index (χ2n) is 6.74. The molecule has 5 nitrogen and oxygen atoms in total. The van der Waals surface area contributed by atoms with Crippen LogP contribution in [0.3, 0.4) is 0 Å². The van der Waals surface area contributed by atoms with Gasteiger partial charge in [0, 0.05) is 44.3 Å². The van der Waals surface area contributed by atoms with Crippen LogP contribution in [-0.4, -0.2) is 40.8 Å². The van der Waals surface area contributed by atoms with Crippen LogP contribution in [0.5, 0.6) is 0 Å². The van der Waals surface area contributed by atoms with Crippen molar-refractivity contribution in [3.8, 4) is 0 Å². The quantitative estimate of drug-likeness (QED) is 0.812. The van der Waals surface area contributed by atoms with Crippen LogP contribution in [0.2, 0.25) is 0 Å². The Balaban J connectivity index is 1.69. The van der Waals surface area contributed by atoms with Gasteiger partial charge in [-0.3, -0.25) is 9.48 Å². The molecule has 0 saturated heterocycles. The molecule has 0 N–H and O–H groups in total. The predicted molar refractivity (Wildman–Crippen MR) is 97.4 cm³/mol. The molecular weight excluding hydrogens is 314 g/mol. The second kappa shape index (κ2) is 7.83. The van der Waals surface area contributed by atoms with Crippen molar-refractivity contribution in [2.45, 2.75) is 45.7 Å². The number of amides is 1. The lowest BCUT2D eigenvalue weighted by molar-refractivity contribution is -0.132. The van der Waals surface area contributed by atoms with Gasteiger partial charge in [-0.05, 0) is 31.4 Å². The van der Waals surface area contributed by atoms with Gasteiger partial charge in [0.1, 0.15) is 0 Å². The first-order valence-corrected chi connectivity index (χ1v) is 8.99. The maximum Gasteiger partial charge on any atom is 0.223 e. The number of hydrogen-bond donors (Lipinski definition) is 0. The van der Waals surface area contributed by atoms with Crippen molar-refractivity contribution in [1.82, 2.24) is 14.7 Å². The molecule has 3 rings (SSSR count). The van der Waals surface area contributed by atoms with Crippen molar-refractivity contribution in [2.24, 2.45) is 0 Å². The van der Waals surface area contributed by atoms with Gasteiger partial charge in [0.25, 0.3) is 0 Å². The van der Waals surface area contributed by atoms with Crippen molar-refractivity contribution in [2.75, 3.05) is 20.3 Å². The highest BCUT2D eigenvalue weighted by Gasteiger charge is 2.30. The first-order valence-electron chi connectivity index (χ1n) is 8.99. The third-order valence-electron chi connectivity index (χ3n) is 5.01. The van der Waals surface area contributed by atoms with Crippen LogP contribution < -0.4 is 0 Å². The fourth-order valence-electron chi connectivity index (χ4n) is 3.54. The highest BCUT2D eigenvalue weighted by molar-refractivity contribution is 5.77. The molecule has 0 spiro atoms. The van der Waals surface area contributed by atoms with Crippen molar-refractivity contribution in [3.05, 3.63) is 52.8 Å². The van der Waals surface area contributed by atoms with Crippen LogP contribution in [0, 0.1) is 6.92 Å². The van der Waals surface area contributed by atoms with Crippen LogP contribution in [0.4, 0.5) is 0 Å². The molecule has 2 heterocycles. The average molecular weight is 341 g/mol. The highest BCUT2D eigenvalue weighted by Crippen LogP contribution is 2.28. The van der Waals surface area contributed by atoms with E-state index in [1.165, 1.54) is 16.7 Å². The molecule has 0 fully saturated rings. The summed E-state index contributed by atoms with van der Waals surface area (Å²) in [6, 6.07) is 8.27. The Morgan fingerprint density at radius 1 is 1.36 bits per heavy atom. The van der Waals surface area contributed by atoms with E-state index < -0.39 is 0 Å². The molecule has 0 bridgehead atoms. The van der Waals surface area contributed by atoms with E-state index in [1.807, 2.05) is 21.7 Å². The first kappa shape index (κ1) is 17.7. The Hall–Kier alpha value is -2.14. The van der Waals surface area contributed by atoms with Crippen molar-refractivity contribution in [3.63, 3.8) is 0 Å². The number of ether oxygens (including phenoxy) is 1. The van der Waals surface area contributed by atoms with Gasteiger partial charge in [-0.25, -0.2) is 0 Å². The van der Waals surface area contributed by atoms with E-state index in [0.717, 1.165) is 18.7 Å². The molecule has 25 heavy (non-hydrogen) atoms. The van der Waals surface area contributed by atoms with Crippen molar-refractivity contribution in [1.29, 1.82) is 0 Å². The van der Waals surface area contributed by atoms with E-state index in [-0.39, 0.29) is 11.8 Å². The fourth-order valence-corrected chi connectivity index (χ4v) is 3.54. The third kappa shape index (κ3) is 3.93. The number of methoxy groups -OCH3 is 1. The molecule has 1 aliphatic rings. The number of hydrogen-bond acceptors (Lipinski definition) is 3. The normalized spacial score (nSPS) is 16.8. The maximum absolute atomic E-state index is 12.8. The summed E-state index contributed by atoms with van der Waals surface area (Å²) in [4.78, 5) is 14.7. The lowest BCUT2D eigenvalue weighted by Gasteiger charge is -2.32. The van der Waals surface area contributed by atoms with Gasteiger partial charge < -0.3 is 9.64 Å². The Morgan fingerprint density at radius 2 is 2.16 bits per heavy atom. The Bertz CT molecular complexity index is 738. The van der Waals surface area contributed by atoms with E-state index in [1.54, 1.807) is 7.11 Å². The van der Waals surface area contributed by atoms with Crippen LogP contribution in [-0.2, 0) is 29.0 Å². The number of carbonyl (C=O) groups excluding carboxylic acids is 1. The molecule has 2 aromatic rings. The van der Waals surface area contributed by atoms with Crippen LogP contribution >= 0.6 is 0 Å². The number of nitrogens with zero attached hydrogens (tertiary/aromatic N) is 3. The Morgan fingerprint density at radius 3 is 2.88 bits per heavy atom. The zero-order valence-electron chi connectivity index (χ0n) is 15.4. The van der Waals surface area contributed by atoms with E-state index in [4.69, 9.17) is 4.74 Å². The zero-order chi connectivity index (χ0) is 17.8. The van der Waals surface area contributed by atoms with E-state index in [0.29, 0.717) is 26.1 Å². The maximum atomic E-state index is 12.8. The van der Waals surface area contributed by atoms with Crippen LogP contribution in [0.1, 0.15) is 41.6 Å². The topological polar surface area (TPSA) is 47.4 Å². The van der Waals surface area contributed by atoms with E-state index in [2.05, 4.69) is 37.3 Å². The highest BCUT2D eigenvalue weighted by atomic mass is 16.5. The van der Waals surface area contributed by atoms with Crippen molar-refractivity contribution >= 4 is 5.91 Å². The molecule has 0 unspecified atom stereocenters. The number of benzene rings is 1. The largest absolute Gasteiger partial charge is 0.384 e. The summed E-state index contributed by atoms with van der Waals surface area (Å²) in [7, 11) is 1.71. The molecular formula is C20H27N3O2. The van der Waals surface area contributed by atoms with E-state index >= 15 is 0 Å². The lowest BCUT2D eigenvalue weighted by atomic mass is 9.95. The molecule has 134 valence electrons. The smallest absolute Gasteiger partial charge is 0.223 e. The summed E-state index contributed by atoms with van der Waals surface area (Å²) in [5, 5.41) is 4.63. The van der Waals surface area contributed by atoms with Crippen LogP contribution in [0.15, 0.2) is 30.5 Å². The molecule has 1 amide bonds. The van der Waals surface area contributed by atoms with Gasteiger partial charge in [0.2, 0.25) is 5.91 Å². The standard InChI is InChI=1S/C20H27N3O2/c1-4-23-12-18-17(14-25-3)11-22(13-19(18)21-23)20(24)10-9-16-8-6-5-7-15(16)2/h5-8,12,17H,4,9-11,13-14H2,1-3H3/t17-/m1/s1. The van der Waals surface area contributed by atoms with Gasteiger partial charge in [-0.1, -0.05) is 24.3 Å². The summed E-state index contributed by atoms with van der Waals surface area (Å²) >= 11 is 0. The van der Waals surface area contributed by atoms with Gasteiger partial charge >= 0.3 is 0 Å². The summed E-state index contributed by atoms with van der Waals surface area (Å²) in [6.45, 7) is 6.95. The molecule has 1 aromatic carbocycles. The van der Waals surface area contributed by atoms with Gasteiger partial charge in [-0.15, -0.1) is 0 Å². The molecule has 1 atom stereocenters. The molecule has 0 aliphatic carbocycles. The number of fused-ring (bicyclic) bond motifs is 1. The SMILES string of the molecule is CCn1cc2c(n1)CN(C(=O)CCc1ccccc1C)C[C@@H]2COC. The third-order valence-corrected chi connectivity index (χ3v) is 5.01. The van der Waals surface area contributed by atoms with Gasteiger partial charge in [-0.2, -0.15) is 5.10 Å². The molecule has 0 radical (unpaired) electrons. The average Bonchev–Trinajstić information content (AvgIpc) is 3.04. The number of aromatic nitrogens is 2. The minimum atomic E-state index is 0.195. The van der Waals surface area contributed by atoms with E-state index in [9.17, 15) is 4.79 Å². The van der Waals surface area contributed by atoms with Gasteiger partial charge in [0.15, 0.2) is 0 Å². The van der Waals surface area contributed by atoms with Crippen LogP contribution in [0.25, 0.3) is 0 Å². The summed E-state index contributed by atoms with van der Waals surface area (Å²) in [5.74, 6) is 0.400. The molecule has 1 aliphatic heterocycles. The van der Waals surface area contributed by atoms with Gasteiger partial charge in [0.05, 0.1) is 18.8 Å².